The second-order valence-electron chi connectivity index (χ2n) is 6.70. The van der Waals surface area contributed by atoms with E-state index in [1.807, 2.05) is 0 Å². The van der Waals surface area contributed by atoms with Gasteiger partial charge in [-0.05, 0) is 31.7 Å². The van der Waals surface area contributed by atoms with Crippen molar-refractivity contribution in [2.75, 3.05) is 12.3 Å². The summed E-state index contributed by atoms with van der Waals surface area (Å²) in [6, 6.07) is 2.83. The number of aromatic nitrogens is 2. The van der Waals surface area contributed by atoms with Gasteiger partial charge in [-0.1, -0.05) is 17.7 Å². The Bertz CT molecular complexity index is 869. The lowest BCUT2D eigenvalue weighted by molar-refractivity contribution is -0.116. The summed E-state index contributed by atoms with van der Waals surface area (Å²) in [5, 5.41) is 3.26. The lowest BCUT2D eigenvalue weighted by Gasteiger charge is -2.21. The van der Waals surface area contributed by atoms with Crippen molar-refractivity contribution in [1.82, 2.24) is 15.3 Å². The monoisotopic (exact) mass is 390 g/mol. The van der Waals surface area contributed by atoms with E-state index in [1.54, 1.807) is 6.07 Å². The standard InChI is InChI=1S/C19H20ClFN4O2/c1-10(26)6-7-23-18(11-2-3-11)12-4-5-13(20)16(17(12)21)19(27)14-8-25-15(22)9-24-14/h4-5,8-9,11,18,23H,2-3,6-7H2,1H3,(H2,22,25)/t18-/m1/s1. The van der Waals surface area contributed by atoms with Crippen molar-refractivity contribution < 1.29 is 14.0 Å². The van der Waals surface area contributed by atoms with Gasteiger partial charge in [-0.25, -0.2) is 14.4 Å². The zero-order valence-electron chi connectivity index (χ0n) is 14.8. The third-order valence-corrected chi connectivity index (χ3v) is 4.84. The minimum absolute atomic E-state index is 0.0122. The molecule has 6 nitrogen and oxygen atoms in total. The van der Waals surface area contributed by atoms with Gasteiger partial charge in [-0.3, -0.25) is 9.59 Å². The maximum absolute atomic E-state index is 15.3. The molecule has 142 valence electrons. The first-order chi connectivity index (χ1) is 12.9. The summed E-state index contributed by atoms with van der Waals surface area (Å²) < 4.78 is 15.3. The highest BCUT2D eigenvalue weighted by Crippen LogP contribution is 2.42. The molecular formula is C19H20ClFN4O2. The van der Waals surface area contributed by atoms with Crippen LogP contribution in [0.2, 0.25) is 5.02 Å². The lowest BCUT2D eigenvalue weighted by Crippen LogP contribution is -2.27. The number of Topliss-reactive ketones (excluding diaryl/α,β-unsaturated/α-hetero) is 1. The maximum atomic E-state index is 15.3. The summed E-state index contributed by atoms with van der Waals surface area (Å²) in [6.45, 7) is 1.96. The van der Waals surface area contributed by atoms with Crippen LogP contribution in [0.3, 0.4) is 0 Å². The number of halogens is 2. The molecule has 0 aliphatic heterocycles. The number of hydrogen-bond acceptors (Lipinski definition) is 6. The van der Waals surface area contributed by atoms with Gasteiger partial charge in [0.25, 0.3) is 0 Å². The number of rotatable bonds is 8. The highest BCUT2D eigenvalue weighted by atomic mass is 35.5. The van der Waals surface area contributed by atoms with Crippen LogP contribution in [0, 0.1) is 11.7 Å². The van der Waals surface area contributed by atoms with E-state index in [1.165, 1.54) is 25.4 Å². The molecule has 1 aromatic carbocycles. The van der Waals surface area contributed by atoms with Crippen molar-refractivity contribution in [3.63, 3.8) is 0 Å². The molecule has 8 heteroatoms. The van der Waals surface area contributed by atoms with Gasteiger partial charge in [0.15, 0.2) is 0 Å². The first kappa shape index (κ1) is 19.4. The Balaban J connectivity index is 1.93. The van der Waals surface area contributed by atoms with Crippen molar-refractivity contribution >= 4 is 29.0 Å². The molecule has 1 aliphatic rings. The number of carbonyl (C=O) groups is 2. The van der Waals surface area contributed by atoms with E-state index in [4.69, 9.17) is 17.3 Å². The van der Waals surface area contributed by atoms with Gasteiger partial charge in [0.05, 0.1) is 23.0 Å². The van der Waals surface area contributed by atoms with E-state index in [9.17, 15) is 9.59 Å². The molecule has 0 radical (unpaired) electrons. The Morgan fingerprint density at radius 1 is 1.33 bits per heavy atom. The number of benzene rings is 1. The Hall–Kier alpha value is -2.38. The number of hydrogen-bond donors (Lipinski definition) is 2. The van der Waals surface area contributed by atoms with Crippen LogP contribution in [-0.2, 0) is 4.79 Å². The molecular weight excluding hydrogens is 371 g/mol. The zero-order valence-corrected chi connectivity index (χ0v) is 15.6. The number of carbonyl (C=O) groups excluding carboxylic acids is 2. The third-order valence-electron chi connectivity index (χ3n) is 4.52. The highest BCUT2D eigenvalue weighted by Gasteiger charge is 2.35. The average Bonchev–Trinajstić information content (AvgIpc) is 3.45. The number of anilines is 1. The van der Waals surface area contributed by atoms with Gasteiger partial charge < -0.3 is 11.1 Å². The molecule has 0 amide bonds. The Morgan fingerprint density at radius 3 is 2.67 bits per heavy atom. The number of nitrogens with two attached hydrogens (primary N) is 1. The van der Waals surface area contributed by atoms with Crippen LogP contribution in [0.15, 0.2) is 24.5 Å². The average molecular weight is 391 g/mol. The van der Waals surface area contributed by atoms with Crippen LogP contribution in [-0.4, -0.2) is 28.1 Å². The van der Waals surface area contributed by atoms with Gasteiger partial charge >= 0.3 is 0 Å². The number of nitrogens with one attached hydrogen (secondary N) is 1. The number of nitrogens with zero attached hydrogens (tertiary/aromatic N) is 2. The van der Waals surface area contributed by atoms with Gasteiger partial charge in [0.1, 0.15) is 23.1 Å². The van der Waals surface area contributed by atoms with E-state index < -0.39 is 11.6 Å². The van der Waals surface area contributed by atoms with Crippen molar-refractivity contribution in [1.29, 1.82) is 0 Å². The molecule has 3 rings (SSSR count). The fourth-order valence-electron chi connectivity index (χ4n) is 2.96. The van der Waals surface area contributed by atoms with E-state index in [-0.39, 0.29) is 39.8 Å². The van der Waals surface area contributed by atoms with Crippen molar-refractivity contribution in [2.45, 2.75) is 32.2 Å². The molecule has 2 aromatic rings. The summed E-state index contributed by atoms with van der Waals surface area (Å²) in [6.07, 6.45) is 4.73. The summed E-state index contributed by atoms with van der Waals surface area (Å²) in [4.78, 5) is 31.6. The normalized spacial score (nSPS) is 14.8. The fraction of sp³-hybridized carbons (Fsp3) is 0.368. The largest absolute Gasteiger partial charge is 0.382 e. The molecule has 3 N–H and O–H groups in total. The summed E-state index contributed by atoms with van der Waals surface area (Å²) >= 11 is 6.12. The summed E-state index contributed by atoms with van der Waals surface area (Å²) in [7, 11) is 0. The molecule has 1 aliphatic carbocycles. The first-order valence-electron chi connectivity index (χ1n) is 8.71. The Kier molecular flexibility index (Phi) is 5.82. The minimum atomic E-state index is -0.668. The first-order valence-corrected chi connectivity index (χ1v) is 9.09. The summed E-state index contributed by atoms with van der Waals surface area (Å²) in [5.74, 6) is -0.822. The van der Waals surface area contributed by atoms with Crippen LogP contribution in [0.4, 0.5) is 10.2 Å². The molecule has 1 fully saturated rings. The number of nitrogen functional groups attached to an aromatic ring is 1. The minimum Gasteiger partial charge on any atom is -0.382 e. The van der Waals surface area contributed by atoms with Crippen LogP contribution >= 0.6 is 11.6 Å². The molecule has 1 aromatic heterocycles. The lowest BCUT2D eigenvalue weighted by atomic mass is 9.96. The van der Waals surface area contributed by atoms with Gasteiger partial charge in [0, 0.05) is 24.6 Å². The maximum Gasteiger partial charge on any atom is 0.217 e. The number of ketones is 2. The molecule has 0 unspecified atom stereocenters. The fourth-order valence-corrected chi connectivity index (χ4v) is 3.20. The molecule has 0 bridgehead atoms. The second kappa shape index (κ2) is 8.10. The topological polar surface area (TPSA) is 98.0 Å². The molecule has 1 heterocycles. The third kappa shape index (κ3) is 4.48. The smallest absolute Gasteiger partial charge is 0.217 e. The molecule has 1 saturated carbocycles. The molecule has 0 saturated heterocycles. The summed E-state index contributed by atoms with van der Waals surface area (Å²) in [5.41, 5.74) is 5.59. The van der Waals surface area contributed by atoms with Gasteiger partial charge in [0.2, 0.25) is 5.78 Å². The van der Waals surface area contributed by atoms with Crippen molar-refractivity contribution in [2.24, 2.45) is 5.92 Å². The van der Waals surface area contributed by atoms with Crippen LogP contribution < -0.4 is 11.1 Å². The predicted molar refractivity (Wildman–Crippen MR) is 100 cm³/mol. The zero-order chi connectivity index (χ0) is 19.6. The Morgan fingerprint density at radius 2 is 2.07 bits per heavy atom. The van der Waals surface area contributed by atoms with E-state index >= 15 is 4.39 Å². The SMILES string of the molecule is CC(=O)CCN[C@@H](c1ccc(Cl)c(C(=O)c2cnc(N)cn2)c1F)C1CC1. The molecule has 0 spiro atoms. The quantitative estimate of drug-likeness (QED) is 0.672. The van der Waals surface area contributed by atoms with E-state index in [0.717, 1.165) is 12.8 Å². The van der Waals surface area contributed by atoms with Gasteiger partial charge in [-0.2, -0.15) is 0 Å². The van der Waals surface area contributed by atoms with Crippen molar-refractivity contribution in [3.05, 3.63) is 52.2 Å². The van der Waals surface area contributed by atoms with E-state index in [0.29, 0.717) is 18.5 Å². The van der Waals surface area contributed by atoms with Crippen molar-refractivity contribution in [3.8, 4) is 0 Å². The molecule has 1 atom stereocenters. The van der Waals surface area contributed by atoms with Gasteiger partial charge in [-0.15, -0.1) is 0 Å². The highest BCUT2D eigenvalue weighted by molar-refractivity contribution is 6.34. The van der Waals surface area contributed by atoms with E-state index in [2.05, 4.69) is 15.3 Å². The van der Waals surface area contributed by atoms with Crippen LogP contribution in [0.1, 0.15) is 53.8 Å². The molecule has 27 heavy (non-hydrogen) atoms. The predicted octanol–water partition coefficient (Wildman–Crippen LogP) is 3.10. The second-order valence-corrected chi connectivity index (χ2v) is 7.11. The van der Waals surface area contributed by atoms with Crippen LogP contribution in [0.25, 0.3) is 0 Å². The Labute approximate surface area is 161 Å². The van der Waals surface area contributed by atoms with Crippen LogP contribution in [0.5, 0.6) is 0 Å².